The molecule has 0 aliphatic carbocycles. The number of fused-ring (bicyclic) bond motifs is 1. The van der Waals surface area contributed by atoms with Gasteiger partial charge < -0.3 is 15.2 Å². The Hall–Kier alpha value is -1.07. The van der Waals surface area contributed by atoms with Gasteiger partial charge in [0.2, 0.25) is 0 Å². The molecule has 0 spiro atoms. The Morgan fingerprint density at radius 2 is 2.05 bits per heavy atom. The van der Waals surface area contributed by atoms with Crippen LogP contribution in [0.4, 0.5) is 0 Å². The molecular weight excluding hydrogens is 334 g/mol. The monoisotopic (exact) mass is 355 g/mol. The van der Waals surface area contributed by atoms with Crippen LogP contribution in [0.1, 0.15) is 38.8 Å². The van der Waals surface area contributed by atoms with Crippen molar-refractivity contribution in [3.8, 4) is 5.75 Å². The highest BCUT2D eigenvalue weighted by Crippen LogP contribution is 2.35. The molecule has 0 fully saturated rings. The Morgan fingerprint density at radius 1 is 1.38 bits per heavy atom. The first-order valence-electron chi connectivity index (χ1n) is 7.07. The van der Waals surface area contributed by atoms with Gasteiger partial charge in [0.15, 0.2) is 0 Å². The minimum absolute atomic E-state index is 0.549. The van der Waals surface area contributed by atoms with E-state index in [-0.39, 0.29) is 0 Å². The van der Waals surface area contributed by atoms with Gasteiger partial charge in [-0.05, 0) is 45.4 Å². The second-order valence-corrected chi connectivity index (χ2v) is 7.48. The van der Waals surface area contributed by atoms with Gasteiger partial charge in [-0.15, -0.1) is 0 Å². The molecule has 4 nitrogen and oxygen atoms in total. The molecule has 0 saturated heterocycles. The molecule has 2 rings (SSSR count). The molecule has 116 valence electrons. The van der Waals surface area contributed by atoms with Crippen LogP contribution in [-0.2, 0) is 17.8 Å². The molecule has 21 heavy (non-hydrogen) atoms. The molecule has 0 saturated carbocycles. The first-order valence-corrected chi connectivity index (χ1v) is 7.87. The number of aliphatic carboxylic acids is 1. The van der Waals surface area contributed by atoms with E-state index in [1.54, 1.807) is 13.8 Å². The quantitative estimate of drug-likeness (QED) is 0.849. The van der Waals surface area contributed by atoms with E-state index in [2.05, 4.69) is 27.3 Å². The number of carboxylic acids is 1. The summed E-state index contributed by atoms with van der Waals surface area (Å²) < 4.78 is 6.73. The molecule has 0 radical (unpaired) electrons. The molecule has 1 aliphatic heterocycles. The Bertz CT molecular complexity index is 567. The third-order valence-corrected chi connectivity index (χ3v) is 5.10. The number of hydrogen-bond donors (Lipinski definition) is 2. The summed E-state index contributed by atoms with van der Waals surface area (Å²) in [6.45, 7) is 8.60. The highest BCUT2D eigenvalue weighted by Gasteiger charge is 2.43. The number of carboxylic acid groups (broad SMARTS) is 1. The third kappa shape index (κ3) is 3.09. The lowest BCUT2D eigenvalue weighted by molar-refractivity contribution is -0.151. The number of hydrogen-bond acceptors (Lipinski definition) is 3. The number of nitrogens with one attached hydrogen (secondary N) is 1. The summed E-state index contributed by atoms with van der Waals surface area (Å²) in [6, 6.07) is 4.11. The minimum atomic E-state index is -0.872. The van der Waals surface area contributed by atoms with Crippen LogP contribution in [0.3, 0.4) is 0 Å². The van der Waals surface area contributed by atoms with Crippen molar-refractivity contribution in [2.45, 2.75) is 46.2 Å². The molecule has 1 aliphatic rings. The van der Waals surface area contributed by atoms with Gasteiger partial charge in [0.05, 0.1) is 12.0 Å². The second kappa shape index (κ2) is 5.61. The lowest BCUT2D eigenvalue weighted by Crippen LogP contribution is -2.54. The highest BCUT2D eigenvalue weighted by molar-refractivity contribution is 9.10. The molecule has 1 heterocycles. The van der Waals surface area contributed by atoms with Crippen molar-refractivity contribution in [3.63, 3.8) is 0 Å². The molecule has 0 aromatic heterocycles. The topological polar surface area (TPSA) is 58.6 Å². The van der Waals surface area contributed by atoms with E-state index >= 15 is 0 Å². The standard InChI is InChI=1S/C16H22BrNO3/c1-15(2,14(19)20)16(3,4)18-9-11-8-12(17)7-10-5-6-21-13(10)11/h7-8,18H,5-6,9H2,1-4H3,(H,19,20). The van der Waals surface area contributed by atoms with Gasteiger partial charge in [0.25, 0.3) is 0 Å². The van der Waals surface area contributed by atoms with Crippen molar-refractivity contribution in [2.75, 3.05) is 6.61 Å². The molecule has 0 atom stereocenters. The molecule has 5 heteroatoms. The summed E-state index contributed by atoms with van der Waals surface area (Å²) >= 11 is 3.52. The fourth-order valence-electron chi connectivity index (χ4n) is 2.28. The van der Waals surface area contributed by atoms with Crippen molar-refractivity contribution >= 4 is 21.9 Å². The van der Waals surface area contributed by atoms with Gasteiger partial charge in [-0.2, -0.15) is 0 Å². The van der Waals surface area contributed by atoms with E-state index in [4.69, 9.17) is 4.74 Å². The Kier molecular flexibility index (Phi) is 4.36. The van der Waals surface area contributed by atoms with Gasteiger partial charge in [0.1, 0.15) is 5.75 Å². The summed E-state index contributed by atoms with van der Waals surface area (Å²) in [5.74, 6) is 0.130. The average molecular weight is 356 g/mol. The van der Waals surface area contributed by atoms with Gasteiger partial charge >= 0.3 is 5.97 Å². The lowest BCUT2D eigenvalue weighted by atomic mass is 9.74. The zero-order valence-electron chi connectivity index (χ0n) is 12.9. The van der Waals surface area contributed by atoms with Crippen LogP contribution in [-0.4, -0.2) is 23.2 Å². The molecule has 0 bridgehead atoms. The maximum absolute atomic E-state index is 11.4. The van der Waals surface area contributed by atoms with Crippen LogP contribution in [0.2, 0.25) is 0 Å². The van der Waals surface area contributed by atoms with Gasteiger partial charge in [0, 0.05) is 28.5 Å². The van der Waals surface area contributed by atoms with Crippen LogP contribution in [0.25, 0.3) is 0 Å². The number of rotatable bonds is 5. The zero-order valence-corrected chi connectivity index (χ0v) is 14.5. The first kappa shape index (κ1) is 16.3. The maximum Gasteiger partial charge on any atom is 0.310 e. The largest absolute Gasteiger partial charge is 0.493 e. The zero-order chi connectivity index (χ0) is 15.8. The van der Waals surface area contributed by atoms with Gasteiger partial charge in [-0.3, -0.25) is 4.79 Å². The minimum Gasteiger partial charge on any atom is -0.493 e. The van der Waals surface area contributed by atoms with Crippen LogP contribution in [0, 0.1) is 5.41 Å². The summed E-state index contributed by atoms with van der Waals surface area (Å²) in [6.07, 6.45) is 0.922. The maximum atomic E-state index is 11.4. The third-order valence-electron chi connectivity index (χ3n) is 4.64. The van der Waals surface area contributed by atoms with Crippen molar-refractivity contribution in [1.29, 1.82) is 0 Å². The first-order chi connectivity index (χ1) is 9.65. The Morgan fingerprint density at radius 3 is 2.67 bits per heavy atom. The SMILES string of the molecule is CC(C)(NCc1cc(Br)cc2c1OCC2)C(C)(C)C(=O)O. The smallest absolute Gasteiger partial charge is 0.310 e. The molecule has 1 aromatic carbocycles. The number of carbonyl (C=O) groups is 1. The predicted molar refractivity (Wildman–Crippen MR) is 85.7 cm³/mol. The Labute approximate surface area is 134 Å². The second-order valence-electron chi connectivity index (χ2n) is 6.56. The van der Waals surface area contributed by atoms with E-state index in [9.17, 15) is 9.90 Å². The molecular formula is C16H22BrNO3. The fourth-order valence-corrected chi connectivity index (χ4v) is 2.83. The molecule has 0 amide bonds. The molecule has 0 unspecified atom stereocenters. The van der Waals surface area contributed by atoms with E-state index in [1.807, 2.05) is 19.9 Å². The van der Waals surface area contributed by atoms with E-state index in [0.717, 1.165) is 22.2 Å². The molecule has 2 N–H and O–H groups in total. The predicted octanol–water partition coefficient (Wildman–Crippen LogP) is 3.36. The summed E-state index contributed by atoms with van der Waals surface area (Å²) in [5.41, 5.74) is 0.845. The number of halogens is 1. The van der Waals surface area contributed by atoms with E-state index in [1.165, 1.54) is 5.56 Å². The summed E-state index contributed by atoms with van der Waals surface area (Å²) in [4.78, 5) is 11.4. The van der Waals surface area contributed by atoms with Gasteiger partial charge in [-0.1, -0.05) is 15.9 Å². The van der Waals surface area contributed by atoms with Crippen LogP contribution in [0.15, 0.2) is 16.6 Å². The van der Waals surface area contributed by atoms with Crippen molar-refractivity contribution < 1.29 is 14.6 Å². The highest BCUT2D eigenvalue weighted by atomic mass is 79.9. The summed E-state index contributed by atoms with van der Waals surface area (Å²) in [7, 11) is 0. The average Bonchev–Trinajstić information content (AvgIpc) is 2.83. The van der Waals surface area contributed by atoms with Crippen LogP contribution in [0.5, 0.6) is 5.75 Å². The van der Waals surface area contributed by atoms with Crippen molar-refractivity contribution in [2.24, 2.45) is 5.41 Å². The Balaban J connectivity index is 2.19. The normalized spacial score (nSPS) is 14.7. The van der Waals surface area contributed by atoms with E-state index in [0.29, 0.717) is 13.2 Å². The van der Waals surface area contributed by atoms with Crippen LogP contribution < -0.4 is 10.1 Å². The van der Waals surface area contributed by atoms with Crippen LogP contribution >= 0.6 is 15.9 Å². The number of ether oxygens (including phenoxy) is 1. The molecule has 1 aromatic rings. The number of benzene rings is 1. The van der Waals surface area contributed by atoms with Crippen molar-refractivity contribution in [3.05, 3.63) is 27.7 Å². The van der Waals surface area contributed by atoms with Crippen molar-refractivity contribution in [1.82, 2.24) is 5.32 Å². The fraction of sp³-hybridized carbons (Fsp3) is 0.562. The van der Waals surface area contributed by atoms with Gasteiger partial charge in [-0.25, -0.2) is 0 Å². The van der Waals surface area contributed by atoms with E-state index < -0.39 is 16.9 Å². The lowest BCUT2D eigenvalue weighted by Gasteiger charge is -2.39. The summed E-state index contributed by atoms with van der Waals surface area (Å²) in [5, 5.41) is 12.8.